The van der Waals surface area contributed by atoms with Gasteiger partial charge in [-0.3, -0.25) is 19.7 Å². The van der Waals surface area contributed by atoms with Gasteiger partial charge in [0, 0.05) is 35.6 Å². The summed E-state index contributed by atoms with van der Waals surface area (Å²) in [4.78, 5) is 46.5. The molecule has 0 heterocycles. The van der Waals surface area contributed by atoms with Crippen molar-refractivity contribution in [2.45, 2.75) is 20.0 Å². The van der Waals surface area contributed by atoms with Crippen molar-refractivity contribution in [3.63, 3.8) is 0 Å². The molecule has 0 aliphatic heterocycles. The number of aliphatic hydroxyl groups excluding tert-OH is 1. The fraction of sp³-hybridized carbons (Fsp3) is 0.250. The fourth-order valence-corrected chi connectivity index (χ4v) is 2.47. The lowest BCUT2D eigenvalue weighted by atomic mass is 10.1. The second kappa shape index (κ2) is 10.1. The third-order valence-electron chi connectivity index (χ3n) is 4.07. The zero-order chi connectivity index (χ0) is 22.3. The smallest absolute Gasteiger partial charge is 0.341 e. The number of nitro benzene ring substituents is 1. The van der Waals surface area contributed by atoms with Gasteiger partial charge >= 0.3 is 5.97 Å². The Morgan fingerprint density at radius 2 is 1.83 bits per heavy atom. The number of Topliss-reactive ketones (excluding diaryl/α,β-unsaturated/α-hetero) is 1. The number of carbonyl (C=O) groups is 3. The largest absolute Gasteiger partial charge is 0.449 e. The van der Waals surface area contributed by atoms with E-state index in [1.807, 2.05) is 0 Å². The van der Waals surface area contributed by atoms with Crippen molar-refractivity contribution >= 4 is 34.7 Å². The molecule has 1 amide bonds. The summed E-state index contributed by atoms with van der Waals surface area (Å²) in [6.07, 6.45) is -1.20. The van der Waals surface area contributed by atoms with Crippen LogP contribution in [0.1, 0.15) is 34.6 Å². The first-order valence-electron chi connectivity index (χ1n) is 8.99. The number of esters is 1. The second-order valence-corrected chi connectivity index (χ2v) is 6.31. The Bertz CT molecular complexity index is 957. The van der Waals surface area contributed by atoms with Crippen LogP contribution in [0.15, 0.2) is 42.5 Å². The van der Waals surface area contributed by atoms with Crippen molar-refractivity contribution < 1.29 is 29.2 Å². The highest BCUT2D eigenvalue weighted by atomic mass is 16.6. The number of ketones is 1. The first-order valence-corrected chi connectivity index (χ1v) is 8.99. The van der Waals surface area contributed by atoms with Crippen molar-refractivity contribution in [3.05, 3.63) is 63.7 Å². The molecule has 0 bridgehead atoms. The van der Waals surface area contributed by atoms with Crippen LogP contribution in [-0.2, 0) is 9.53 Å². The molecule has 2 aromatic rings. The molecule has 10 heteroatoms. The second-order valence-electron chi connectivity index (χ2n) is 6.31. The average Bonchev–Trinajstić information content (AvgIpc) is 2.72. The van der Waals surface area contributed by atoms with Crippen LogP contribution in [0.2, 0.25) is 0 Å². The van der Waals surface area contributed by atoms with Gasteiger partial charge in [0.05, 0.1) is 17.1 Å². The van der Waals surface area contributed by atoms with E-state index in [9.17, 15) is 24.5 Å². The molecule has 0 saturated heterocycles. The lowest BCUT2D eigenvalue weighted by Crippen LogP contribution is -2.30. The highest BCUT2D eigenvalue weighted by Crippen LogP contribution is 2.23. The Hall–Kier alpha value is -3.79. The molecule has 0 aliphatic rings. The SMILES string of the molecule is CC(=O)c1ccc(NC(=O)[C@H](C)OC(=O)c2cc([N+](=O)[O-])ccc2NCCO)cc1. The molecule has 30 heavy (non-hydrogen) atoms. The number of anilines is 2. The van der Waals surface area contributed by atoms with Gasteiger partial charge in [-0.05, 0) is 44.2 Å². The van der Waals surface area contributed by atoms with E-state index in [4.69, 9.17) is 9.84 Å². The first kappa shape index (κ1) is 22.5. The van der Waals surface area contributed by atoms with Gasteiger partial charge in [0.25, 0.3) is 11.6 Å². The van der Waals surface area contributed by atoms with E-state index in [0.29, 0.717) is 11.3 Å². The number of aliphatic hydroxyl groups is 1. The van der Waals surface area contributed by atoms with Crippen LogP contribution in [0.3, 0.4) is 0 Å². The molecule has 10 nitrogen and oxygen atoms in total. The Kier molecular flexibility index (Phi) is 7.59. The average molecular weight is 415 g/mol. The summed E-state index contributed by atoms with van der Waals surface area (Å²) in [5.41, 5.74) is 0.670. The summed E-state index contributed by atoms with van der Waals surface area (Å²) in [6, 6.07) is 9.76. The summed E-state index contributed by atoms with van der Waals surface area (Å²) in [5.74, 6) is -1.67. The number of ether oxygens (including phenoxy) is 1. The molecule has 158 valence electrons. The van der Waals surface area contributed by atoms with Gasteiger partial charge in [0.1, 0.15) is 0 Å². The molecular formula is C20H21N3O7. The monoisotopic (exact) mass is 415 g/mol. The molecule has 0 saturated carbocycles. The van der Waals surface area contributed by atoms with Crippen molar-refractivity contribution in [1.82, 2.24) is 0 Å². The van der Waals surface area contributed by atoms with E-state index < -0.39 is 22.9 Å². The minimum absolute atomic E-state index is 0.113. The molecule has 1 atom stereocenters. The number of hydrogen-bond donors (Lipinski definition) is 3. The standard InChI is InChI=1S/C20H21N3O7/c1-12(25)14-3-5-15(6-4-14)22-19(26)13(2)30-20(27)17-11-16(23(28)29)7-8-18(17)21-9-10-24/h3-8,11,13,21,24H,9-10H2,1-2H3,(H,22,26)/t13-/m0/s1. The topological polar surface area (TPSA) is 148 Å². The Morgan fingerprint density at radius 1 is 1.17 bits per heavy atom. The van der Waals surface area contributed by atoms with Gasteiger partial charge < -0.3 is 20.5 Å². The number of benzene rings is 2. The maximum Gasteiger partial charge on any atom is 0.341 e. The molecular weight excluding hydrogens is 394 g/mol. The maximum absolute atomic E-state index is 12.5. The predicted molar refractivity (Wildman–Crippen MR) is 109 cm³/mol. The lowest BCUT2D eigenvalue weighted by molar-refractivity contribution is -0.384. The normalized spacial score (nSPS) is 11.3. The summed E-state index contributed by atoms with van der Waals surface area (Å²) in [5, 5.41) is 25.3. The van der Waals surface area contributed by atoms with E-state index >= 15 is 0 Å². The van der Waals surface area contributed by atoms with E-state index in [2.05, 4.69) is 10.6 Å². The first-order chi connectivity index (χ1) is 14.2. The van der Waals surface area contributed by atoms with Crippen LogP contribution >= 0.6 is 0 Å². The number of hydrogen-bond acceptors (Lipinski definition) is 8. The molecule has 2 aromatic carbocycles. The quantitative estimate of drug-likeness (QED) is 0.245. The predicted octanol–water partition coefficient (Wildman–Crippen LogP) is 2.39. The molecule has 0 radical (unpaired) electrons. The van der Waals surface area contributed by atoms with Gasteiger partial charge in [-0.1, -0.05) is 0 Å². The number of nitrogens with one attached hydrogen (secondary N) is 2. The number of non-ortho nitro benzene ring substituents is 1. The third kappa shape index (κ3) is 5.85. The van der Waals surface area contributed by atoms with Crippen LogP contribution < -0.4 is 10.6 Å². The number of nitrogens with zero attached hydrogens (tertiary/aromatic N) is 1. The highest BCUT2D eigenvalue weighted by molar-refractivity contribution is 6.00. The van der Waals surface area contributed by atoms with Crippen LogP contribution in [-0.4, -0.2) is 46.9 Å². The van der Waals surface area contributed by atoms with Crippen molar-refractivity contribution in [2.24, 2.45) is 0 Å². The maximum atomic E-state index is 12.5. The van der Waals surface area contributed by atoms with Gasteiger partial charge in [0.2, 0.25) is 0 Å². The molecule has 0 unspecified atom stereocenters. The van der Waals surface area contributed by atoms with Gasteiger partial charge in [-0.2, -0.15) is 0 Å². The fourth-order valence-electron chi connectivity index (χ4n) is 2.47. The Morgan fingerprint density at radius 3 is 2.40 bits per heavy atom. The lowest BCUT2D eigenvalue weighted by Gasteiger charge is -2.15. The summed E-state index contributed by atoms with van der Waals surface area (Å²) in [7, 11) is 0. The number of nitro groups is 1. The summed E-state index contributed by atoms with van der Waals surface area (Å²) >= 11 is 0. The number of amides is 1. The minimum Gasteiger partial charge on any atom is -0.449 e. The molecule has 2 rings (SSSR count). The van der Waals surface area contributed by atoms with E-state index in [1.165, 1.54) is 26.0 Å². The molecule has 3 N–H and O–H groups in total. The van der Waals surface area contributed by atoms with E-state index in [0.717, 1.165) is 6.07 Å². The third-order valence-corrected chi connectivity index (χ3v) is 4.07. The van der Waals surface area contributed by atoms with E-state index in [1.54, 1.807) is 24.3 Å². The number of rotatable bonds is 9. The van der Waals surface area contributed by atoms with Crippen LogP contribution in [0.25, 0.3) is 0 Å². The van der Waals surface area contributed by atoms with Crippen molar-refractivity contribution in [3.8, 4) is 0 Å². The van der Waals surface area contributed by atoms with E-state index in [-0.39, 0.29) is 35.9 Å². The molecule has 0 fully saturated rings. The molecule has 0 aromatic heterocycles. The van der Waals surface area contributed by atoms with Crippen LogP contribution in [0.4, 0.5) is 17.1 Å². The Labute approximate surface area is 172 Å². The zero-order valence-electron chi connectivity index (χ0n) is 16.4. The summed E-state index contributed by atoms with van der Waals surface area (Å²) in [6.45, 7) is 2.68. The molecule has 0 aliphatic carbocycles. The van der Waals surface area contributed by atoms with Crippen LogP contribution in [0, 0.1) is 10.1 Å². The minimum atomic E-state index is -1.20. The number of carbonyl (C=O) groups excluding carboxylic acids is 3. The summed E-state index contributed by atoms with van der Waals surface area (Å²) < 4.78 is 5.16. The van der Waals surface area contributed by atoms with Crippen molar-refractivity contribution in [1.29, 1.82) is 0 Å². The highest BCUT2D eigenvalue weighted by Gasteiger charge is 2.23. The Balaban J connectivity index is 2.11. The zero-order valence-corrected chi connectivity index (χ0v) is 16.4. The van der Waals surface area contributed by atoms with Crippen molar-refractivity contribution in [2.75, 3.05) is 23.8 Å². The van der Waals surface area contributed by atoms with Gasteiger partial charge in [-0.25, -0.2) is 4.79 Å². The van der Waals surface area contributed by atoms with Gasteiger partial charge in [0.15, 0.2) is 11.9 Å². The molecule has 0 spiro atoms. The van der Waals surface area contributed by atoms with Crippen LogP contribution in [0.5, 0.6) is 0 Å². The van der Waals surface area contributed by atoms with Gasteiger partial charge in [-0.15, -0.1) is 0 Å².